The molecule has 8 heteroatoms. The van der Waals surface area contributed by atoms with E-state index < -0.39 is 11.7 Å². The third-order valence-electron chi connectivity index (χ3n) is 2.93. The topological polar surface area (TPSA) is 70.2 Å². The molecule has 0 fully saturated rings. The molecule has 23 heavy (non-hydrogen) atoms. The molecule has 1 aromatic heterocycles. The highest BCUT2D eigenvalue weighted by Crippen LogP contribution is 2.19. The zero-order valence-electron chi connectivity index (χ0n) is 12.8. The maximum Gasteiger partial charge on any atom is 0.275 e. The lowest BCUT2D eigenvalue weighted by Gasteiger charge is -2.10. The van der Waals surface area contributed by atoms with Crippen LogP contribution in [0.3, 0.4) is 0 Å². The van der Waals surface area contributed by atoms with E-state index in [0.29, 0.717) is 11.5 Å². The largest absolute Gasteiger partial charge is 0.368 e. The summed E-state index contributed by atoms with van der Waals surface area (Å²) in [6.07, 6.45) is 2.86. The maximum atomic E-state index is 13.1. The fraction of sp³-hybridized carbons (Fsp3) is 0.267. The van der Waals surface area contributed by atoms with Gasteiger partial charge in [-0.25, -0.2) is 14.4 Å². The van der Waals surface area contributed by atoms with Crippen LogP contribution in [0.4, 0.5) is 15.9 Å². The van der Waals surface area contributed by atoms with Crippen molar-refractivity contribution in [2.45, 2.75) is 0 Å². The summed E-state index contributed by atoms with van der Waals surface area (Å²) in [6, 6.07) is 3.94. The molecule has 0 aliphatic carbocycles. The summed E-state index contributed by atoms with van der Waals surface area (Å²) in [5.41, 5.74) is 0.542. The summed E-state index contributed by atoms with van der Waals surface area (Å²) < 4.78 is 13.1. The molecule has 0 atom stereocenters. The van der Waals surface area contributed by atoms with Gasteiger partial charge in [0.05, 0.1) is 17.4 Å². The van der Waals surface area contributed by atoms with E-state index in [0.717, 1.165) is 13.1 Å². The molecule has 0 saturated carbocycles. The minimum absolute atomic E-state index is 0.0608. The van der Waals surface area contributed by atoms with Gasteiger partial charge in [-0.3, -0.25) is 4.79 Å². The number of rotatable bonds is 6. The van der Waals surface area contributed by atoms with Gasteiger partial charge in [0.1, 0.15) is 17.3 Å². The van der Waals surface area contributed by atoms with Crippen LogP contribution in [-0.2, 0) is 0 Å². The Labute approximate surface area is 138 Å². The molecule has 2 N–H and O–H groups in total. The van der Waals surface area contributed by atoms with E-state index in [2.05, 4.69) is 20.6 Å². The van der Waals surface area contributed by atoms with Crippen molar-refractivity contribution < 1.29 is 9.18 Å². The Hall–Kier alpha value is -2.25. The predicted octanol–water partition coefficient (Wildman–Crippen LogP) is 2.49. The van der Waals surface area contributed by atoms with Crippen LogP contribution in [0.1, 0.15) is 10.5 Å². The van der Waals surface area contributed by atoms with Crippen LogP contribution in [0.2, 0.25) is 5.02 Å². The third kappa shape index (κ3) is 5.15. The van der Waals surface area contributed by atoms with Gasteiger partial charge in [-0.1, -0.05) is 11.6 Å². The van der Waals surface area contributed by atoms with Crippen molar-refractivity contribution in [1.82, 2.24) is 14.9 Å². The first-order valence-corrected chi connectivity index (χ1v) is 7.30. The van der Waals surface area contributed by atoms with Gasteiger partial charge in [0.25, 0.3) is 5.91 Å². The van der Waals surface area contributed by atoms with E-state index in [1.165, 1.54) is 30.6 Å². The van der Waals surface area contributed by atoms with Crippen molar-refractivity contribution in [2.75, 3.05) is 37.8 Å². The Morgan fingerprint density at radius 1 is 1.30 bits per heavy atom. The Kier molecular flexibility index (Phi) is 5.84. The zero-order valence-corrected chi connectivity index (χ0v) is 13.6. The van der Waals surface area contributed by atoms with Crippen molar-refractivity contribution in [3.63, 3.8) is 0 Å². The average Bonchev–Trinajstić information content (AvgIpc) is 2.51. The highest BCUT2D eigenvalue weighted by molar-refractivity contribution is 6.31. The first-order chi connectivity index (χ1) is 11.0. The molecule has 0 aliphatic heterocycles. The summed E-state index contributed by atoms with van der Waals surface area (Å²) in [4.78, 5) is 22.3. The van der Waals surface area contributed by atoms with Gasteiger partial charge in [0, 0.05) is 18.8 Å². The number of nitrogens with one attached hydrogen (secondary N) is 2. The SMILES string of the molecule is CN(C)CCNc1cnc(C(=O)Nc2ccc(F)c(Cl)c2)cn1. The van der Waals surface area contributed by atoms with Gasteiger partial charge in [0.2, 0.25) is 0 Å². The van der Waals surface area contributed by atoms with Gasteiger partial charge in [0.15, 0.2) is 0 Å². The molecule has 0 spiro atoms. The Bertz CT molecular complexity index is 678. The van der Waals surface area contributed by atoms with Crippen molar-refractivity contribution in [2.24, 2.45) is 0 Å². The number of hydrogen-bond donors (Lipinski definition) is 2. The molecule has 0 aliphatic rings. The zero-order chi connectivity index (χ0) is 16.8. The van der Waals surface area contributed by atoms with Crippen molar-refractivity contribution in [3.8, 4) is 0 Å². The smallest absolute Gasteiger partial charge is 0.275 e. The number of amides is 1. The van der Waals surface area contributed by atoms with E-state index in [1.54, 1.807) is 0 Å². The second-order valence-corrected chi connectivity index (χ2v) is 5.51. The lowest BCUT2D eigenvalue weighted by Crippen LogP contribution is -2.21. The molecular formula is C15H17ClFN5O. The fourth-order valence-corrected chi connectivity index (χ4v) is 1.89. The molecule has 1 heterocycles. The predicted molar refractivity (Wildman–Crippen MR) is 88.4 cm³/mol. The molecule has 122 valence electrons. The van der Waals surface area contributed by atoms with E-state index in [4.69, 9.17) is 11.6 Å². The molecule has 0 saturated heterocycles. The third-order valence-corrected chi connectivity index (χ3v) is 3.22. The number of carbonyl (C=O) groups excluding carboxylic acids is 1. The molecule has 1 aromatic carbocycles. The lowest BCUT2D eigenvalue weighted by molar-refractivity contribution is 0.102. The molecule has 0 unspecified atom stereocenters. The number of aromatic nitrogens is 2. The second-order valence-electron chi connectivity index (χ2n) is 5.10. The van der Waals surface area contributed by atoms with Crippen LogP contribution in [0.5, 0.6) is 0 Å². The summed E-state index contributed by atoms with van der Waals surface area (Å²) in [7, 11) is 3.95. The van der Waals surface area contributed by atoms with Crippen molar-refractivity contribution >= 4 is 29.0 Å². The van der Waals surface area contributed by atoms with Crippen LogP contribution in [0.15, 0.2) is 30.6 Å². The first kappa shape index (κ1) is 17.1. The number of benzene rings is 1. The molecule has 0 radical (unpaired) electrons. The van der Waals surface area contributed by atoms with Crippen LogP contribution in [0, 0.1) is 5.82 Å². The van der Waals surface area contributed by atoms with Gasteiger partial charge in [-0.15, -0.1) is 0 Å². The van der Waals surface area contributed by atoms with Crippen molar-refractivity contribution in [3.05, 3.63) is 47.1 Å². The summed E-state index contributed by atoms with van der Waals surface area (Å²) in [5, 5.41) is 5.62. The van der Waals surface area contributed by atoms with Gasteiger partial charge in [-0.05, 0) is 32.3 Å². The number of anilines is 2. The monoisotopic (exact) mass is 337 g/mol. The number of likely N-dealkylation sites (N-methyl/N-ethyl adjacent to an activating group) is 1. The van der Waals surface area contributed by atoms with E-state index in [1.807, 2.05) is 19.0 Å². The normalized spacial score (nSPS) is 10.7. The van der Waals surface area contributed by atoms with E-state index >= 15 is 0 Å². The first-order valence-electron chi connectivity index (χ1n) is 6.93. The number of hydrogen-bond acceptors (Lipinski definition) is 5. The highest BCUT2D eigenvalue weighted by atomic mass is 35.5. The average molecular weight is 338 g/mol. The standard InChI is InChI=1S/C15H17ClFN5O/c1-22(2)6-5-18-14-9-19-13(8-20-14)15(23)21-10-3-4-12(17)11(16)7-10/h3-4,7-9H,5-6H2,1-2H3,(H,18,20)(H,21,23). The summed E-state index contributed by atoms with van der Waals surface area (Å²) >= 11 is 5.67. The second kappa shape index (κ2) is 7.85. The number of nitrogens with zero attached hydrogens (tertiary/aromatic N) is 3. The van der Waals surface area contributed by atoms with Gasteiger partial charge < -0.3 is 15.5 Å². The van der Waals surface area contributed by atoms with E-state index in [9.17, 15) is 9.18 Å². The number of halogens is 2. The highest BCUT2D eigenvalue weighted by Gasteiger charge is 2.10. The van der Waals surface area contributed by atoms with Gasteiger partial charge >= 0.3 is 0 Å². The molecule has 6 nitrogen and oxygen atoms in total. The Balaban J connectivity index is 1.95. The molecule has 2 aromatic rings. The molecule has 2 rings (SSSR count). The molecule has 1 amide bonds. The summed E-state index contributed by atoms with van der Waals surface area (Å²) in [6.45, 7) is 1.58. The van der Waals surface area contributed by atoms with E-state index in [-0.39, 0.29) is 10.7 Å². The van der Waals surface area contributed by atoms with Crippen molar-refractivity contribution in [1.29, 1.82) is 0 Å². The molecule has 0 bridgehead atoms. The summed E-state index contributed by atoms with van der Waals surface area (Å²) in [5.74, 6) is -0.397. The quantitative estimate of drug-likeness (QED) is 0.847. The Morgan fingerprint density at radius 2 is 2.09 bits per heavy atom. The molecular weight excluding hydrogens is 321 g/mol. The van der Waals surface area contributed by atoms with Crippen LogP contribution < -0.4 is 10.6 Å². The number of carbonyl (C=O) groups is 1. The fourth-order valence-electron chi connectivity index (χ4n) is 1.71. The minimum atomic E-state index is -0.544. The van der Waals surface area contributed by atoms with Crippen LogP contribution in [-0.4, -0.2) is 48.0 Å². The van der Waals surface area contributed by atoms with Gasteiger partial charge in [-0.2, -0.15) is 0 Å². The lowest BCUT2D eigenvalue weighted by atomic mass is 10.3. The van der Waals surface area contributed by atoms with Crippen LogP contribution >= 0.6 is 11.6 Å². The minimum Gasteiger partial charge on any atom is -0.368 e. The Morgan fingerprint density at radius 3 is 2.70 bits per heavy atom. The maximum absolute atomic E-state index is 13.1. The van der Waals surface area contributed by atoms with Crippen LogP contribution in [0.25, 0.3) is 0 Å².